The molecule has 1 rings (SSSR count). The summed E-state index contributed by atoms with van der Waals surface area (Å²) in [6.45, 7) is 9.22. The van der Waals surface area contributed by atoms with Crippen LogP contribution >= 0.6 is 0 Å². The monoisotopic (exact) mass is 220 g/mol. The molecular formula is C15H24O. The predicted octanol–water partition coefficient (Wildman–Crippen LogP) is 4.40. The number of rotatable bonds is 5. The highest BCUT2D eigenvalue weighted by Crippen LogP contribution is 2.31. The number of hydrogen-bond acceptors (Lipinski definition) is 1. The number of phenolic OH excluding ortho intramolecular Hbond substituents is 1. The Morgan fingerprint density at radius 2 is 1.75 bits per heavy atom. The highest BCUT2D eigenvalue weighted by Gasteiger charge is 2.20. The summed E-state index contributed by atoms with van der Waals surface area (Å²) < 4.78 is 0. The molecule has 1 heteroatoms. The van der Waals surface area contributed by atoms with Crippen LogP contribution in [0.4, 0.5) is 0 Å². The SMILES string of the molecule is CCC(C)CC(C)(C)Cc1ccc(O)cc1. The number of benzene rings is 1. The lowest BCUT2D eigenvalue weighted by Crippen LogP contribution is -2.18. The third-order valence-corrected chi connectivity index (χ3v) is 3.22. The summed E-state index contributed by atoms with van der Waals surface area (Å²) >= 11 is 0. The van der Waals surface area contributed by atoms with Gasteiger partial charge in [0.1, 0.15) is 5.75 Å². The average Bonchev–Trinajstić information content (AvgIpc) is 2.20. The lowest BCUT2D eigenvalue weighted by molar-refractivity contribution is 0.270. The number of hydrogen-bond donors (Lipinski definition) is 1. The van der Waals surface area contributed by atoms with Crippen molar-refractivity contribution in [2.24, 2.45) is 11.3 Å². The van der Waals surface area contributed by atoms with E-state index in [1.54, 1.807) is 12.1 Å². The average molecular weight is 220 g/mol. The van der Waals surface area contributed by atoms with Gasteiger partial charge in [0.15, 0.2) is 0 Å². The molecule has 1 atom stereocenters. The highest BCUT2D eigenvalue weighted by molar-refractivity contribution is 5.26. The van der Waals surface area contributed by atoms with Crippen molar-refractivity contribution in [2.75, 3.05) is 0 Å². The zero-order chi connectivity index (χ0) is 12.2. The van der Waals surface area contributed by atoms with Gasteiger partial charge >= 0.3 is 0 Å². The second-order valence-electron chi connectivity index (χ2n) is 5.72. The molecule has 0 saturated carbocycles. The van der Waals surface area contributed by atoms with Crippen LogP contribution in [0.5, 0.6) is 5.75 Å². The Kier molecular flexibility index (Phi) is 4.40. The van der Waals surface area contributed by atoms with E-state index in [9.17, 15) is 5.11 Å². The van der Waals surface area contributed by atoms with Gasteiger partial charge in [-0.2, -0.15) is 0 Å². The van der Waals surface area contributed by atoms with Crippen molar-refractivity contribution in [3.63, 3.8) is 0 Å². The van der Waals surface area contributed by atoms with Crippen molar-refractivity contribution >= 4 is 0 Å². The first-order valence-electron chi connectivity index (χ1n) is 6.21. The van der Waals surface area contributed by atoms with Gasteiger partial charge in [-0.25, -0.2) is 0 Å². The Balaban J connectivity index is 2.61. The van der Waals surface area contributed by atoms with E-state index in [2.05, 4.69) is 27.7 Å². The number of phenols is 1. The smallest absolute Gasteiger partial charge is 0.115 e. The molecule has 1 unspecified atom stereocenters. The molecular weight excluding hydrogens is 196 g/mol. The van der Waals surface area contributed by atoms with Crippen LogP contribution in [-0.2, 0) is 6.42 Å². The molecule has 0 aliphatic carbocycles. The van der Waals surface area contributed by atoms with E-state index in [1.165, 1.54) is 18.4 Å². The Morgan fingerprint density at radius 1 is 1.19 bits per heavy atom. The van der Waals surface area contributed by atoms with Gasteiger partial charge in [-0.15, -0.1) is 0 Å². The molecule has 0 radical (unpaired) electrons. The van der Waals surface area contributed by atoms with Crippen LogP contribution in [-0.4, -0.2) is 5.11 Å². The molecule has 0 amide bonds. The third-order valence-electron chi connectivity index (χ3n) is 3.22. The van der Waals surface area contributed by atoms with E-state index in [1.807, 2.05) is 12.1 Å². The summed E-state index contributed by atoms with van der Waals surface area (Å²) in [7, 11) is 0. The van der Waals surface area contributed by atoms with E-state index in [4.69, 9.17) is 0 Å². The molecule has 0 aliphatic heterocycles. The zero-order valence-corrected chi connectivity index (χ0v) is 11.0. The topological polar surface area (TPSA) is 20.2 Å². The minimum atomic E-state index is 0.340. The summed E-state index contributed by atoms with van der Waals surface area (Å²) in [5, 5.41) is 9.24. The van der Waals surface area contributed by atoms with E-state index in [-0.39, 0.29) is 0 Å². The molecule has 0 spiro atoms. The maximum atomic E-state index is 9.24. The van der Waals surface area contributed by atoms with Crippen molar-refractivity contribution in [2.45, 2.75) is 47.0 Å². The Bertz CT molecular complexity index is 311. The molecule has 90 valence electrons. The van der Waals surface area contributed by atoms with Gasteiger partial charge in [0.05, 0.1) is 0 Å². The first-order chi connectivity index (χ1) is 7.43. The van der Waals surface area contributed by atoms with Gasteiger partial charge in [-0.05, 0) is 41.9 Å². The Morgan fingerprint density at radius 3 is 2.25 bits per heavy atom. The predicted molar refractivity (Wildman–Crippen MR) is 69.7 cm³/mol. The fraction of sp³-hybridized carbons (Fsp3) is 0.600. The first-order valence-corrected chi connectivity index (χ1v) is 6.21. The quantitative estimate of drug-likeness (QED) is 0.780. The molecule has 1 aromatic rings. The molecule has 0 bridgehead atoms. The van der Waals surface area contributed by atoms with Crippen LogP contribution in [0.1, 0.15) is 46.1 Å². The molecule has 1 N–H and O–H groups in total. The van der Waals surface area contributed by atoms with E-state index in [0.717, 1.165) is 12.3 Å². The van der Waals surface area contributed by atoms with Crippen LogP contribution in [0.15, 0.2) is 24.3 Å². The molecule has 0 fully saturated rings. The standard InChI is InChI=1S/C15H24O/c1-5-12(2)10-15(3,4)11-13-6-8-14(16)9-7-13/h6-9,12,16H,5,10-11H2,1-4H3. The van der Waals surface area contributed by atoms with E-state index < -0.39 is 0 Å². The first kappa shape index (κ1) is 13.1. The van der Waals surface area contributed by atoms with Gasteiger partial charge in [0.2, 0.25) is 0 Å². The van der Waals surface area contributed by atoms with Crippen molar-refractivity contribution in [1.29, 1.82) is 0 Å². The third kappa shape index (κ3) is 4.26. The second kappa shape index (κ2) is 5.38. The minimum Gasteiger partial charge on any atom is -0.508 e. The van der Waals surface area contributed by atoms with Crippen LogP contribution in [0, 0.1) is 11.3 Å². The van der Waals surface area contributed by atoms with E-state index in [0.29, 0.717) is 11.2 Å². The minimum absolute atomic E-state index is 0.340. The van der Waals surface area contributed by atoms with Gasteiger partial charge in [-0.1, -0.05) is 46.2 Å². The molecule has 16 heavy (non-hydrogen) atoms. The summed E-state index contributed by atoms with van der Waals surface area (Å²) in [4.78, 5) is 0. The molecule has 0 saturated heterocycles. The van der Waals surface area contributed by atoms with Crippen LogP contribution in [0.2, 0.25) is 0 Å². The zero-order valence-electron chi connectivity index (χ0n) is 11.0. The fourth-order valence-electron chi connectivity index (χ4n) is 2.33. The highest BCUT2D eigenvalue weighted by atomic mass is 16.3. The van der Waals surface area contributed by atoms with Crippen molar-refractivity contribution in [3.05, 3.63) is 29.8 Å². The Hall–Kier alpha value is -0.980. The molecule has 0 heterocycles. The molecule has 1 aromatic carbocycles. The summed E-state index contributed by atoms with van der Waals surface area (Å²) in [5.74, 6) is 1.13. The number of aromatic hydroxyl groups is 1. The molecule has 1 nitrogen and oxygen atoms in total. The van der Waals surface area contributed by atoms with Crippen molar-refractivity contribution < 1.29 is 5.11 Å². The summed E-state index contributed by atoms with van der Waals surface area (Å²) in [6.07, 6.45) is 3.58. The van der Waals surface area contributed by atoms with Gasteiger partial charge in [-0.3, -0.25) is 0 Å². The van der Waals surface area contributed by atoms with Crippen molar-refractivity contribution in [3.8, 4) is 5.75 Å². The van der Waals surface area contributed by atoms with Gasteiger partial charge in [0, 0.05) is 0 Å². The Labute approximate surface area is 99.5 Å². The summed E-state index contributed by atoms with van der Waals surface area (Å²) in [5.41, 5.74) is 1.65. The fourth-order valence-corrected chi connectivity index (χ4v) is 2.33. The molecule has 0 aliphatic rings. The second-order valence-corrected chi connectivity index (χ2v) is 5.72. The maximum Gasteiger partial charge on any atom is 0.115 e. The molecule has 0 aromatic heterocycles. The normalized spacial score (nSPS) is 13.8. The van der Waals surface area contributed by atoms with E-state index >= 15 is 0 Å². The van der Waals surface area contributed by atoms with Crippen molar-refractivity contribution in [1.82, 2.24) is 0 Å². The lowest BCUT2D eigenvalue weighted by Gasteiger charge is -2.27. The van der Waals surface area contributed by atoms with Crippen LogP contribution in [0.25, 0.3) is 0 Å². The van der Waals surface area contributed by atoms with Gasteiger partial charge in [0.25, 0.3) is 0 Å². The van der Waals surface area contributed by atoms with Crippen LogP contribution in [0.3, 0.4) is 0 Å². The largest absolute Gasteiger partial charge is 0.508 e. The van der Waals surface area contributed by atoms with Crippen LogP contribution < -0.4 is 0 Å². The summed E-state index contributed by atoms with van der Waals surface area (Å²) in [6, 6.07) is 7.59. The maximum absolute atomic E-state index is 9.24. The van der Waals surface area contributed by atoms with Gasteiger partial charge < -0.3 is 5.11 Å². The lowest BCUT2D eigenvalue weighted by atomic mass is 9.78.